The molecule has 0 spiro atoms. The van der Waals surface area contributed by atoms with E-state index >= 15 is 4.39 Å². The molecule has 4 rings (SSSR count). The van der Waals surface area contributed by atoms with Gasteiger partial charge in [-0.25, -0.2) is 4.39 Å². The number of rotatable bonds is 13. The van der Waals surface area contributed by atoms with Crippen LogP contribution in [0.4, 0.5) is 4.39 Å². The lowest BCUT2D eigenvalue weighted by atomic mass is 9.79. The molecule has 2 unspecified atom stereocenters. The summed E-state index contributed by atoms with van der Waals surface area (Å²) in [6, 6.07) is 12.9. The van der Waals surface area contributed by atoms with E-state index in [1.54, 1.807) is 19.4 Å². The molecule has 39 heavy (non-hydrogen) atoms. The van der Waals surface area contributed by atoms with Crippen molar-refractivity contribution in [2.45, 2.75) is 57.5 Å². The SMILES string of the molecule is COc1ccc2nccc([C@@H](F)CCC3CCN(CCCCc4c(Cl)cccc4Cl)CC3CCC(=O)O)c2c1. The summed E-state index contributed by atoms with van der Waals surface area (Å²) in [6.45, 7) is 2.76. The van der Waals surface area contributed by atoms with E-state index in [2.05, 4.69) is 9.88 Å². The number of hydrogen-bond acceptors (Lipinski definition) is 4. The number of aromatic nitrogens is 1. The molecule has 0 amide bonds. The van der Waals surface area contributed by atoms with Crippen LogP contribution in [0, 0.1) is 11.8 Å². The number of carboxylic acid groups (broad SMARTS) is 1. The number of aliphatic carboxylic acids is 1. The van der Waals surface area contributed by atoms with Crippen LogP contribution in [0.5, 0.6) is 5.75 Å². The number of methoxy groups -OCH3 is 1. The van der Waals surface area contributed by atoms with Gasteiger partial charge < -0.3 is 14.7 Å². The van der Waals surface area contributed by atoms with Gasteiger partial charge in [0.25, 0.3) is 0 Å². The Balaban J connectivity index is 1.32. The number of fused-ring (bicyclic) bond motifs is 1. The summed E-state index contributed by atoms with van der Waals surface area (Å²) in [6.07, 6.45) is 6.25. The Labute approximate surface area is 240 Å². The number of nitrogens with zero attached hydrogens (tertiary/aromatic N) is 2. The van der Waals surface area contributed by atoms with Crippen molar-refractivity contribution in [2.75, 3.05) is 26.7 Å². The lowest BCUT2D eigenvalue weighted by molar-refractivity contribution is -0.137. The monoisotopic (exact) mass is 574 g/mol. The minimum Gasteiger partial charge on any atom is -0.497 e. The third kappa shape index (κ3) is 8.06. The van der Waals surface area contributed by atoms with Crippen LogP contribution >= 0.6 is 23.2 Å². The highest BCUT2D eigenvalue weighted by molar-refractivity contribution is 6.35. The summed E-state index contributed by atoms with van der Waals surface area (Å²) in [4.78, 5) is 18.2. The molecule has 5 nitrogen and oxygen atoms in total. The number of pyridine rings is 1. The van der Waals surface area contributed by atoms with Crippen molar-refractivity contribution in [3.63, 3.8) is 0 Å². The zero-order valence-corrected chi connectivity index (χ0v) is 23.9. The van der Waals surface area contributed by atoms with E-state index in [9.17, 15) is 9.90 Å². The summed E-state index contributed by atoms with van der Waals surface area (Å²) in [5.41, 5.74) is 2.39. The molecule has 1 N–H and O–H groups in total. The largest absolute Gasteiger partial charge is 0.497 e. The highest BCUT2D eigenvalue weighted by atomic mass is 35.5. The highest BCUT2D eigenvalue weighted by Gasteiger charge is 2.30. The van der Waals surface area contributed by atoms with Gasteiger partial charge in [-0.1, -0.05) is 29.3 Å². The van der Waals surface area contributed by atoms with Crippen LogP contribution in [0.3, 0.4) is 0 Å². The van der Waals surface area contributed by atoms with E-state index in [1.165, 1.54) is 0 Å². The van der Waals surface area contributed by atoms with Crippen molar-refractivity contribution in [1.82, 2.24) is 9.88 Å². The Morgan fingerprint density at radius 3 is 2.69 bits per heavy atom. The molecule has 1 fully saturated rings. The van der Waals surface area contributed by atoms with Gasteiger partial charge in [0.15, 0.2) is 0 Å². The molecule has 3 aromatic rings. The molecule has 0 radical (unpaired) electrons. The first-order chi connectivity index (χ1) is 18.9. The summed E-state index contributed by atoms with van der Waals surface area (Å²) in [7, 11) is 1.60. The van der Waals surface area contributed by atoms with Gasteiger partial charge in [-0.15, -0.1) is 0 Å². The Bertz CT molecular complexity index is 1240. The Hall–Kier alpha value is -2.41. The maximum absolute atomic E-state index is 15.6. The van der Waals surface area contributed by atoms with Crippen LogP contribution in [0.1, 0.15) is 62.2 Å². The predicted molar refractivity (Wildman–Crippen MR) is 156 cm³/mol. The molecule has 1 saturated heterocycles. The first-order valence-electron chi connectivity index (χ1n) is 13.8. The number of unbranched alkanes of at least 4 members (excludes halogenated alkanes) is 1. The quantitative estimate of drug-likeness (QED) is 0.208. The zero-order valence-electron chi connectivity index (χ0n) is 22.4. The van der Waals surface area contributed by atoms with Crippen molar-refractivity contribution in [3.8, 4) is 5.75 Å². The third-order valence-electron chi connectivity index (χ3n) is 8.03. The number of alkyl halides is 1. The van der Waals surface area contributed by atoms with Gasteiger partial charge >= 0.3 is 5.97 Å². The first kappa shape index (κ1) is 29.6. The number of benzene rings is 2. The smallest absolute Gasteiger partial charge is 0.303 e. The summed E-state index contributed by atoms with van der Waals surface area (Å²) < 4.78 is 20.9. The zero-order chi connectivity index (χ0) is 27.8. The van der Waals surface area contributed by atoms with Gasteiger partial charge in [0, 0.05) is 34.6 Å². The van der Waals surface area contributed by atoms with E-state index in [0.717, 1.165) is 68.2 Å². The van der Waals surface area contributed by atoms with E-state index in [0.29, 0.717) is 40.1 Å². The van der Waals surface area contributed by atoms with E-state index < -0.39 is 12.1 Å². The number of hydrogen-bond donors (Lipinski definition) is 1. The molecular formula is C31H37Cl2FN2O3. The molecule has 0 aliphatic carbocycles. The lowest BCUT2D eigenvalue weighted by Gasteiger charge is -2.39. The fraction of sp³-hybridized carbons (Fsp3) is 0.484. The first-order valence-corrected chi connectivity index (χ1v) is 14.5. The summed E-state index contributed by atoms with van der Waals surface area (Å²) in [5, 5.41) is 11.5. The minimum absolute atomic E-state index is 0.147. The standard InChI is InChI=1S/C31H37Cl2FN2O3/c1-39-23-10-12-30-26(19-23)24(14-16-35-30)29(34)11-8-21-15-18-36(20-22(21)9-13-31(37)38)17-3-2-5-25-27(32)6-4-7-28(25)33/h4,6-7,10,12,14,16,19,21-22,29H,2-3,5,8-9,11,13,15,17-18,20H2,1H3,(H,37,38)/t21?,22?,29-/m0/s1. The average molecular weight is 576 g/mol. The van der Waals surface area contributed by atoms with Crippen LogP contribution in [-0.4, -0.2) is 47.7 Å². The van der Waals surface area contributed by atoms with Gasteiger partial charge in [-0.05, 0) is 117 Å². The highest BCUT2D eigenvalue weighted by Crippen LogP contribution is 2.37. The molecule has 2 aromatic carbocycles. The maximum Gasteiger partial charge on any atom is 0.303 e. The summed E-state index contributed by atoms with van der Waals surface area (Å²) >= 11 is 12.6. The number of piperidine rings is 1. The number of likely N-dealkylation sites (tertiary alicyclic amines) is 1. The van der Waals surface area contributed by atoms with Gasteiger partial charge in [0.2, 0.25) is 0 Å². The van der Waals surface area contributed by atoms with Crippen molar-refractivity contribution in [3.05, 3.63) is 69.8 Å². The molecule has 1 aliphatic rings. The Morgan fingerprint density at radius 2 is 1.95 bits per heavy atom. The average Bonchev–Trinajstić information content (AvgIpc) is 2.93. The molecule has 210 valence electrons. The van der Waals surface area contributed by atoms with Crippen LogP contribution < -0.4 is 4.74 Å². The van der Waals surface area contributed by atoms with E-state index in [-0.39, 0.29) is 12.3 Å². The molecule has 0 bridgehead atoms. The Morgan fingerprint density at radius 1 is 1.15 bits per heavy atom. The Kier molecular flexibility index (Phi) is 10.8. The predicted octanol–water partition coefficient (Wildman–Crippen LogP) is 8.17. The minimum atomic E-state index is -1.11. The van der Waals surface area contributed by atoms with Crippen LogP contribution in [-0.2, 0) is 11.2 Å². The number of halogens is 3. The number of carbonyl (C=O) groups is 1. The molecule has 3 atom stereocenters. The van der Waals surface area contributed by atoms with Crippen LogP contribution in [0.25, 0.3) is 10.9 Å². The van der Waals surface area contributed by atoms with Crippen LogP contribution in [0.15, 0.2) is 48.7 Å². The normalized spacial score (nSPS) is 18.8. The number of ether oxygens (including phenoxy) is 1. The van der Waals surface area contributed by atoms with Gasteiger partial charge in [0.1, 0.15) is 11.9 Å². The second-order valence-electron chi connectivity index (χ2n) is 10.5. The maximum atomic E-state index is 15.6. The van der Waals surface area contributed by atoms with Crippen molar-refractivity contribution >= 4 is 40.1 Å². The third-order valence-corrected chi connectivity index (χ3v) is 8.74. The van der Waals surface area contributed by atoms with Gasteiger partial charge in [-0.3, -0.25) is 9.78 Å². The number of carboxylic acids is 1. The second-order valence-corrected chi connectivity index (χ2v) is 11.3. The molecule has 0 saturated carbocycles. The van der Waals surface area contributed by atoms with Crippen molar-refractivity contribution < 1.29 is 19.0 Å². The molecule has 1 aliphatic heterocycles. The molecule has 8 heteroatoms. The van der Waals surface area contributed by atoms with Crippen LogP contribution in [0.2, 0.25) is 10.0 Å². The fourth-order valence-corrected chi connectivity index (χ4v) is 6.43. The van der Waals surface area contributed by atoms with Crippen molar-refractivity contribution in [2.24, 2.45) is 11.8 Å². The summed E-state index contributed by atoms with van der Waals surface area (Å²) in [5.74, 6) is 0.459. The molecule has 1 aromatic heterocycles. The lowest BCUT2D eigenvalue weighted by Crippen LogP contribution is -2.41. The fourth-order valence-electron chi connectivity index (χ4n) is 5.85. The van der Waals surface area contributed by atoms with Crippen molar-refractivity contribution in [1.29, 1.82) is 0 Å². The molecule has 2 heterocycles. The van der Waals surface area contributed by atoms with Gasteiger partial charge in [0.05, 0.1) is 12.6 Å². The van der Waals surface area contributed by atoms with E-state index in [4.69, 9.17) is 27.9 Å². The van der Waals surface area contributed by atoms with E-state index in [1.807, 2.05) is 36.4 Å². The second kappa shape index (κ2) is 14.3. The topological polar surface area (TPSA) is 62.7 Å². The van der Waals surface area contributed by atoms with Gasteiger partial charge in [-0.2, -0.15) is 0 Å². The molecular weight excluding hydrogens is 538 g/mol.